The fourth-order valence-corrected chi connectivity index (χ4v) is 2.23. The van der Waals surface area contributed by atoms with E-state index >= 15 is 0 Å². The van der Waals surface area contributed by atoms with Crippen molar-refractivity contribution >= 4 is 17.8 Å². The van der Waals surface area contributed by atoms with Gasteiger partial charge in [0.05, 0.1) is 6.61 Å². The smallest absolute Gasteiger partial charge is 0.326 e. The number of carbonyl (C=O) groups is 3. The van der Waals surface area contributed by atoms with Crippen LogP contribution in [0.1, 0.15) is 44.5 Å². The van der Waals surface area contributed by atoms with Crippen molar-refractivity contribution in [2.24, 2.45) is 5.92 Å². The van der Waals surface area contributed by atoms with Crippen molar-refractivity contribution in [3.8, 4) is 5.75 Å². The number of ether oxygens (including phenoxy) is 1. The predicted molar refractivity (Wildman–Crippen MR) is 93.6 cm³/mol. The first-order chi connectivity index (χ1) is 11.8. The summed E-state index contributed by atoms with van der Waals surface area (Å²) >= 11 is 0. The molecule has 0 aromatic heterocycles. The molecule has 0 fully saturated rings. The number of nitrogens with one attached hydrogen (secondary N) is 2. The Balaban J connectivity index is 2.81. The fourth-order valence-electron chi connectivity index (χ4n) is 2.23. The van der Waals surface area contributed by atoms with Crippen molar-refractivity contribution in [3.63, 3.8) is 0 Å². The normalized spacial score (nSPS) is 13.0. The highest BCUT2D eigenvalue weighted by Gasteiger charge is 2.28. The minimum Gasteiger partial charge on any atom is -0.494 e. The number of rotatable bonds is 9. The standard InChI is InChI=1S/C18H26N2O5/c1-5-14(18(23)24)19-17(22)15(11(3)4)20-16(21)12-7-9-13(10-8-12)25-6-2/h7-11,14-15H,5-6H2,1-4H3,(H,19,22)(H,20,21)(H,23,24). The summed E-state index contributed by atoms with van der Waals surface area (Å²) in [5, 5.41) is 14.2. The predicted octanol–water partition coefficient (Wildman–Crippen LogP) is 1.82. The van der Waals surface area contributed by atoms with E-state index in [0.29, 0.717) is 17.9 Å². The molecule has 1 rings (SSSR count). The van der Waals surface area contributed by atoms with Crippen LogP contribution in [0, 0.1) is 5.92 Å². The molecule has 0 spiro atoms. The summed E-state index contributed by atoms with van der Waals surface area (Å²) in [4.78, 5) is 35.8. The second-order valence-electron chi connectivity index (χ2n) is 5.96. The van der Waals surface area contributed by atoms with Crippen LogP contribution in [0.5, 0.6) is 5.75 Å². The van der Waals surface area contributed by atoms with Crippen LogP contribution >= 0.6 is 0 Å². The topological polar surface area (TPSA) is 105 Å². The van der Waals surface area contributed by atoms with Gasteiger partial charge in [-0.3, -0.25) is 9.59 Å². The van der Waals surface area contributed by atoms with Crippen molar-refractivity contribution in [2.75, 3.05) is 6.61 Å². The maximum Gasteiger partial charge on any atom is 0.326 e. The van der Waals surface area contributed by atoms with Gasteiger partial charge in [0.15, 0.2) is 0 Å². The first-order valence-electron chi connectivity index (χ1n) is 8.37. The second kappa shape index (κ2) is 9.66. The maximum absolute atomic E-state index is 12.4. The van der Waals surface area contributed by atoms with Crippen LogP contribution < -0.4 is 15.4 Å². The average molecular weight is 350 g/mol. The van der Waals surface area contributed by atoms with E-state index in [0.717, 1.165) is 0 Å². The molecule has 2 amide bonds. The van der Waals surface area contributed by atoms with Gasteiger partial charge in [0.2, 0.25) is 5.91 Å². The van der Waals surface area contributed by atoms with E-state index in [2.05, 4.69) is 10.6 Å². The molecule has 138 valence electrons. The zero-order valence-electron chi connectivity index (χ0n) is 15.0. The number of carboxylic acid groups (broad SMARTS) is 1. The van der Waals surface area contributed by atoms with E-state index in [1.165, 1.54) is 0 Å². The first-order valence-corrected chi connectivity index (χ1v) is 8.37. The van der Waals surface area contributed by atoms with E-state index in [1.807, 2.05) is 6.92 Å². The van der Waals surface area contributed by atoms with Crippen LogP contribution in [0.4, 0.5) is 0 Å². The Morgan fingerprint density at radius 3 is 2.12 bits per heavy atom. The lowest BCUT2D eigenvalue weighted by Crippen LogP contribution is -2.53. The molecule has 7 heteroatoms. The Kier molecular flexibility index (Phi) is 7.91. The molecule has 0 aliphatic heterocycles. The molecule has 0 saturated heterocycles. The van der Waals surface area contributed by atoms with Gasteiger partial charge in [0.1, 0.15) is 17.8 Å². The molecule has 0 aliphatic rings. The van der Waals surface area contributed by atoms with E-state index in [-0.39, 0.29) is 12.3 Å². The van der Waals surface area contributed by atoms with Gasteiger partial charge in [-0.05, 0) is 43.5 Å². The molecule has 2 atom stereocenters. The van der Waals surface area contributed by atoms with Crippen molar-refractivity contribution in [2.45, 2.75) is 46.2 Å². The monoisotopic (exact) mass is 350 g/mol. The second-order valence-corrected chi connectivity index (χ2v) is 5.96. The van der Waals surface area contributed by atoms with Gasteiger partial charge in [-0.15, -0.1) is 0 Å². The van der Waals surface area contributed by atoms with Gasteiger partial charge >= 0.3 is 5.97 Å². The van der Waals surface area contributed by atoms with Crippen LogP contribution in [0.15, 0.2) is 24.3 Å². The van der Waals surface area contributed by atoms with Crippen LogP contribution in [0.25, 0.3) is 0 Å². The maximum atomic E-state index is 12.4. The molecule has 2 unspecified atom stereocenters. The molecule has 1 aromatic rings. The number of amides is 2. The Morgan fingerprint density at radius 2 is 1.68 bits per heavy atom. The van der Waals surface area contributed by atoms with Crippen LogP contribution in [-0.4, -0.2) is 41.6 Å². The van der Waals surface area contributed by atoms with Crippen LogP contribution in [0.2, 0.25) is 0 Å². The van der Waals surface area contributed by atoms with E-state index in [4.69, 9.17) is 9.84 Å². The third kappa shape index (κ3) is 6.10. The van der Waals surface area contributed by atoms with Crippen molar-refractivity contribution in [1.29, 1.82) is 0 Å². The summed E-state index contributed by atoms with van der Waals surface area (Å²) in [6.45, 7) is 7.63. The molecule has 7 nitrogen and oxygen atoms in total. The largest absolute Gasteiger partial charge is 0.494 e. The quantitative estimate of drug-likeness (QED) is 0.630. The fraction of sp³-hybridized carbons (Fsp3) is 0.500. The minimum absolute atomic E-state index is 0.196. The van der Waals surface area contributed by atoms with Gasteiger partial charge in [0, 0.05) is 5.56 Å². The Bertz CT molecular complexity index is 598. The van der Waals surface area contributed by atoms with Crippen molar-refractivity contribution < 1.29 is 24.2 Å². The molecule has 25 heavy (non-hydrogen) atoms. The van der Waals surface area contributed by atoms with Gasteiger partial charge in [-0.25, -0.2) is 4.79 Å². The Morgan fingerprint density at radius 1 is 1.08 bits per heavy atom. The Labute approximate surface area is 147 Å². The number of carboxylic acids is 1. The third-order valence-corrected chi connectivity index (χ3v) is 3.69. The summed E-state index contributed by atoms with van der Waals surface area (Å²) in [7, 11) is 0. The van der Waals surface area contributed by atoms with Crippen molar-refractivity contribution in [1.82, 2.24) is 10.6 Å². The highest BCUT2D eigenvalue weighted by atomic mass is 16.5. The molecule has 0 bridgehead atoms. The zero-order valence-corrected chi connectivity index (χ0v) is 15.0. The summed E-state index contributed by atoms with van der Waals surface area (Å²) in [6, 6.07) is 4.79. The summed E-state index contributed by atoms with van der Waals surface area (Å²) in [6.07, 6.45) is 0.263. The van der Waals surface area contributed by atoms with E-state index < -0.39 is 29.9 Å². The highest BCUT2D eigenvalue weighted by molar-refractivity contribution is 5.98. The molecule has 0 heterocycles. The number of aliphatic carboxylic acids is 1. The molecule has 0 aliphatic carbocycles. The molecular formula is C18H26N2O5. The van der Waals surface area contributed by atoms with Crippen LogP contribution in [0.3, 0.4) is 0 Å². The van der Waals surface area contributed by atoms with Gasteiger partial charge in [-0.1, -0.05) is 20.8 Å². The zero-order chi connectivity index (χ0) is 19.0. The van der Waals surface area contributed by atoms with Crippen molar-refractivity contribution in [3.05, 3.63) is 29.8 Å². The lowest BCUT2D eigenvalue weighted by Gasteiger charge is -2.23. The first kappa shape index (κ1) is 20.5. The van der Waals surface area contributed by atoms with Crippen LogP contribution in [-0.2, 0) is 9.59 Å². The van der Waals surface area contributed by atoms with Gasteiger partial charge in [0.25, 0.3) is 5.91 Å². The highest BCUT2D eigenvalue weighted by Crippen LogP contribution is 2.13. The third-order valence-electron chi connectivity index (χ3n) is 3.69. The summed E-state index contributed by atoms with van der Waals surface area (Å²) in [5.74, 6) is -1.55. The van der Waals surface area contributed by atoms with Gasteiger partial charge < -0.3 is 20.5 Å². The SMILES string of the molecule is CCOc1ccc(C(=O)NC(C(=O)NC(CC)C(=O)O)C(C)C)cc1. The summed E-state index contributed by atoms with van der Waals surface area (Å²) < 4.78 is 5.33. The number of hydrogen-bond acceptors (Lipinski definition) is 4. The summed E-state index contributed by atoms with van der Waals surface area (Å²) in [5.41, 5.74) is 0.396. The van der Waals surface area contributed by atoms with Gasteiger partial charge in [-0.2, -0.15) is 0 Å². The van der Waals surface area contributed by atoms with E-state index in [1.54, 1.807) is 45.0 Å². The lowest BCUT2D eigenvalue weighted by molar-refractivity contribution is -0.142. The minimum atomic E-state index is -1.10. The average Bonchev–Trinajstić information content (AvgIpc) is 2.57. The number of carbonyl (C=O) groups excluding carboxylic acids is 2. The molecular weight excluding hydrogens is 324 g/mol. The molecule has 0 radical (unpaired) electrons. The number of hydrogen-bond donors (Lipinski definition) is 3. The molecule has 1 aromatic carbocycles. The molecule has 0 saturated carbocycles. The molecule has 3 N–H and O–H groups in total. The number of benzene rings is 1. The lowest BCUT2D eigenvalue weighted by atomic mass is 10.0. The van der Waals surface area contributed by atoms with E-state index in [9.17, 15) is 14.4 Å². The Hall–Kier alpha value is -2.57.